The molecule has 1 aliphatic rings. The third-order valence-corrected chi connectivity index (χ3v) is 2.64. The van der Waals surface area contributed by atoms with E-state index in [0.29, 0.717) is 13.2 Å². The summed E-state index contributed by atoms with van der Waals surface area (Å²) in [5, 5.41) is 0. The van der Waals surface area contributed by atoms with Gasteiger partial charge in [0.25, 0.3) is 0 Å². The molecule has 0 spiro atoms. The summed E-state index contributed by atoms with van der Waals surface area (Å²) in [6, 6.07) is 0. The average molecular weight is 248 g/mol. The standard InChI is InChI=1S/C11H20O6/c1-7(12)16-11-9(6-14-3)17-8(5-13-2)10(11)15-4/h8-11H,5-6H2,1-4H3/t8-,9+,10-,11-/m1/s1. The van der Waals surface area contributed by atoms with E-state index in [1.165, 1.54) is 6.92 Å². The highest BCUT2D eigenvalue weighted by Gasteiger charge is 2.47. The summed E-state index contributed by atoms with van der Waals surface area (Å²) in [5.74, 6) is -0.361. The molecule has 6 heteroatoms. The maximum Gasteiger partial charge on any atom is 0.303 e. The van der Waals surface area contributed by atoms with Crippen LogP contribution in [-0.4, -0.2) is 64.9 Å². The summed E-state index contributed by atoms with van der Waals surface area (Å²) in [5.41, 5.74) is 0. The monoisotopic (exact) mass is 248 g/mol. The second-order valence-electron chi connectivity index (χ2n) is 3.90. The Morgan fingerprint density at radius 2 is 1.59 bits per heavy atom. The van der Waals surface area contributed by atoms with Crippen molar-refractivity contribution in [1.82, 2.24) is 0 Å². The number of carbonyl (C=O) groups is 1. The lowest BCUT2D eigenvalue weighted by Gasteiger charge is -2.22. The van der Waals surface area contributed by atoms with Crippen LogP contribution >= 0.6 is 0 Å². The lowest BCUT2D eigenvalue weighted by atomic mass is 10.1. The van der Waals surface area contributed by atoms with E-state index in [0.717, 1.165) is 0 Å². The fourth-order valence-electron chi connectivity index (χ4n) is 2.02. The van der Waals surface area contributed by atoms with Crippen molar-refractivity contribution in [3.63, 3.8) is 0 Å². The predicted molar refractivity (Wildman–Crippen MR) is 58.8 cm³/mol. The van der Waals surface area contributed by atoms with Gasteiger partial charge in [-0.15, -0.1) is 0 Å². The molecule has 4 atom stereocenters. The fourth-order valence-corrected chi connectivity index (χ4v) is 2.02. The van der Waals surface area contributed by atoms with E-state index < -0.39 is 6.10 Å². The lowest BCUT2D eigenvalue weighted by molar-refractivity contribution is -0.155. The van der Waals surface area contributed by atoms with E-state index in [1.807, 2.05) is 0 Å². The van der Waals surface area contributed by atoms with Gasteiger partial charge in [-0.1, -0.05) is 0 Å². The Bertz CT molecular complexity index is 244. The minimum Gasteiger partial charge on any atom is -0.457 e. The van der Waals surface area contributed by atoms with Crippen LogP contribution in [0.5, 0.6) is 0 Å². The Hall–Kier alpha value is -0.690. The Morgan fingerprint density at radius 3 is 2.00 bits per heavy atom. The van der Waals surface area contributed by atoms with Gasteiger partial charge in [0.15, 0.2) is 6.10 Å². The van der Waals surface area contributed by atoms with Crippen LogP contribution in [0.25, 0.3) is 0 Å². The van der Waals surface area contributed by atoms with Crippen LogP contribution in [0.2, 0.25) is 0 Å². The fraction of sp³-hybridized carbons (Fsp3) is 0.909. The Morgan fingerprint density at radius 1 is 1.06 bits per heavy atom. The van der Waals surface area contributed by atoms with Crippen molar-refractivity contribution in [2.45, 2.75) is 31.3 Å². The smallest absolute Gasteiger partial charge is 0.303 e. The van der Waals surface area contributed by atoms with Crippen molar-refractivity contribution in [2.24, 2.45) is 0 Å². The second kappa shape index (κ2) is 6.90. The predicted octanol–water partition coefficient (Wildman–Crippen LogP) is -0.00670. The van der Waals surface area contributed by atoms with Crippen molar-refractivity contribution in [3.8, 4) is 0 Å². The summed E-state index contributed by atoms with van der Waals surface area (Å²) in [7, 11) is 4.71. The van der Waals surface area contributed by atoms with Crippen LogP contribution in [-0.2, 0) is 28.5 Å². The summed E-state index contributed by atoms with van der Waals surface area (Å²) in [6.07, 6.45) is -1.37. The number of ether oxygens (including phenoxy) is 5. The molecule has 0 aromatic heterocycles. The molecule has 0 aliphatic carbocycles. The minimum atomic E-state index is -0.461. The van der Waals surface area contributed by atoms with Gasteiger partial charge in [0, 0.05) is 28.3 Å². The molecule has 0 N–H and O–H groups in total. The first-order valence-electron chi connectivity index (χ1n) is 5.47. The lowest BCUT2D eigenvalue weighted by Crippen LogP contribution is -2.40. The van der Waals surface area contributed by atoms with Crippen LogP contribution in [0, 0.1) is 0 Å². The number of hydrogen-bond donors (Lipinski definition) is 0. The molecule has 17 heavy (non-hydrogen) atoms. The zero-order valence-corrected chi connectivity index (χ0v) is 10.7. The van der Waals surface area contributed by atoms with E-state index in [9.17, 15) is 4.79 Å². The van der Waals surface area contributed by atoms with Gasteiger partial charge in [-0.25, -0.2) is 0 Å². The zero-order chi connectivity index (χ0) is 12.8. The molecule has 1 rings (SSSR count). The SMILES string of the molecule is COC[C@@H]1O[C@H](COC)[C@@H](OC)[C@@H]1OC(C)=O. The van der Waals surface area contributed by atoms with Crippen LogP contribution < -0.4 is 0 Å². The van der Waals surface area contributed by atoms with Gasteiger partial charge in [-0.2, -0.15) is 0 Å². The van der Waals surface area contributed by atoms with Crippen LogP contribution in [0.3, 0.4) is 0 Å². The van der Waals surface area contributed by atoms with Gasteiger partial charge in [-0.3, -0.25) is 4.79 Å². The van der Waals surface area contributed by atoms with Crippen molar-refractivity contribution in [1.29, 1.82) is 0 Å². The number of hydrogen-bond acceptors (Lipinski definition) is 6. The summed E-state index contributed by atoms with van der Waals surface area (Å²) in [6.45, 7) is 2.09. The highest BCUT2D eigenvalue weighted by molar-refractivity contribution is 5.66. The van der Waals surface area contributed by atoms with Crippen molar-refractivity contribution < 1.29 is 28.5 Å². The van der Waals surface area contributed by atoms with Crippen LogP contribution in [0.4, 0.5) is 0 Å². The largest absolute Gasteiger partial charge is 0.457 e. The molecule has 6 nitrogen and oxygen atoms in total. The van der Waals surface area contributed by atoms with Gasteiger partial charge in [-0.05, 0) is 0 Å². The molecule has 1 saturated heterocycles. The first kappa shape index (κ1) is 14.4. The molecule has 1 fully saturated rings. The number of esters is 1. The molecule has 100 valence electrons. The summed E-state index contributed by atoms with van der Waals surface area (Å²) in [4.78, 5) is 11.1. The number of methoxy groups -OCH3 is 3. The Balaban J connectivity index is 2.73. The first-order valence-corrected chi connectivity index (χ1v) is 5.47. The topological polar surface area (TPSA) is 63.2 Å². The first-order chi connectivity index (χ1) is 8.13. The molecule has 0 aromatic rings. The highest BCUT2D eigenvalue weighted by Crippen LogP contribution is 2.26. The minimum absolute atomic E-state index is 0.255. The van der Waals surface area contributed by atoms with E-state index >= 15 is 0 Å². The van der Waals surface area contributed by atoms with E-state index in [4.69, 9.17) is 23.7 Å². The quantitative estimate of drug-likeness (QED) is 0.616. The molecule has 0 radical (unpaired) electrons. The molecule has 0 bridgehead atoms. The van der Waals surface area contributed by atoms with E-state index in [2.05, 4.69) is 0 Å². The third-order valence-electron chi connectivity index (χ3n) is 2.64. The molecular formula is C11H20O6. The van der Waals surface area contributed by atoms with Gasteiger partial charge in [0.1, 0.15) is 18.3 Å². The van der Waals surface area contributed by atoms with Crippen molar-refractivity contribution >= 4 is 5.97 Å². The maximum atomic E-state index is 11.1. The van der Waals surface area contributed by atoms with Gasteiger partial charge in [0.05, 0.1) is 13.2 Å². The van der Waals surface area contributed by atoms with Crippen molar-refractivity contribution in [2.75, 3.05) is 34.5 Å². The third kappa shape index (κ3) is 3.64. The highest BCUT2D eigenvalue weighted by atomic mass is 16.6. The molecule has 1 aliphatic heterocycles. The summed E-state index contributed by atoms with van der Waals surface area (Å²) >= 11 is 0. The van der Waals surface area contributed by atoms with Gasteiger partial charge in [0.2, 0.25) is 0 Å². The normalized spacial score (nSPS) is 32.7. The number of rotatable bonds is 6. The van der Waals surface area contributed by atoms with Gasteiger partial charge >= 0.3 is 5.97 Å². The molecule has 0 saturated carbocycles. The molecule has 0 amide bonds. The van der Waals surface area contributed by atoms with E-state index in [1.54, 1.807) is 21.3 Å². The Kier molecular flexibility index (Phi) is 5.84. The van der Waals surface area contributed by atoms with Gasteiger partial charge < -0.3 is 23.7 Å². The van der Waals surface area contributed by atoms with Crippen LogP contribution in [0.1, 0.15) is 6.92 Å². The molecular weight excluding hydrogens is 228 g/mol. The Labute approximate surface area is 101 Å². The molecule has 1 heterocycles. The number of carbonyl (C=O) groups excluding carboxylic acids is 1. The van der Waals surface area contributed by atoms with Crippen LogP contribution in [0.15, 0.2) is 0 Å². The summed E-state index contributed by atoms with van der Waals surface area (Å²) < 4.78 is 26.4. The van der Waals surface area contributed by atoms with Crippen molar-refractivity contribution in [3.05, 3.63) is 0 Å². The molecule has 0 aromatic carbocycles. The average Bonchev–Trinajstić information content (AvgIpc) is 2.57. The zero-order valence-electron chi connectivity index (χ0n) is 10.7. The second-order valence-corrected chi connectivity index (χ2v) is 3.90. The molecule has 0 unspecified atom stereocenters. The van der Waals surface area contributed by atoms with E-state index in [-0.39, 0.29) is 24.3 Å². The maximum absolute atomic E-state index is 11.1.